The number of alkyl carbamates (subject to hydrolysis) is 1. The second kappa shape index (κ2) is 8.73. The molecule has 0 radical (unpaired) electrons. The van der Waals surface area contributed by atoms with E-state index in [0.717, 1.165) is 32.4 Å². The molecule has 0 bridgehead atoms. The third-order valence-corrected chi connectivity index (χ3v) is 3.83. The maximum Gasteiger partial charge on any atom is 0.407 e. The molecule has 5 heteroatoms. The van der Waals surface area contributed by atoms with Crippen LogP contribution in [0.2, 0.25) is 0 Å². The van der Waals surface area contributed by atoms with Crippen LogP contribution in [0.25, 0.3) is 0 Å². The van der Waals surface area contributed by atoms with Gasteiger partial charge in [-0.15, -0.1) is 0 Å². The first-order valence-corrected chi connectivity index (χ1v) is 8.52. The lowest BCUT2D eigenvalue weighted by Gasteiger charge is -2.32. The lowest BCUT2D eigenvalue weighted by atomic mass is 9.95. The fourth-order valence-electron chi connectivity index (χ4n) is 2.56. The monoisotopic (exact) mass is 314 g/mol. The standard InChI is InChI=1S/C17H34N2O3/c1-12(2)15-11-14(8-10-21-15)18-9-7-13(3)19-16(20)22-17(4,5)6/h12-15,18H,7-11H2,1-6H3,(H,19,20). The van der Waals surface area contributed by atoms with Gasteiger partial charge in [0.15, 0.2) is 0 Å². The van der Waals surface area contributed by atoms with Crippen molar-refractivity contribution >= 4 is 6.09 Å². The number of carbonyl (C=O) groups excluding carboxylic acids is 1. The van der Waals surface area contributed by atoms with Gasteiger partial charge in [-0.25, -0.2) is 4.79 Å². The van der Waals surface area contributed by atoms with Gasteiger partial charge in [0, 0.05) is 18.7 Å². The molecule has 3 unspecified atom stereocenters. The van der Waals surface area contributed by atoms with Crippen molar-refractivity contribution in [1.82, 2.24) is 10.6 Å². The summed E-state index contributed by atoms with van der Waals surface area (Å²) in [5.41, 5.74) is -0.448. The molecule has 1 aliphatic heterocycles. The van der Waals surface area contributed by atoms with Crippen LogP contribution in [0, 0.1) is 5.92 Å². The summed E-state index contributed by atoms with van der Waals surface area (Å²) in [7, 11) is 0. The molecule has 22 heavy (non-hydrogen) atoms. The highest BCUT2D eigenvalue weighted by Crippen LogP contribution is 2.20. The minimum absolute atomic E-state index is 0.100. The van der Waals surface area contributed by atoms with Gasteiger partial charge in [-0.05, 0) is 59.4 Å². The van der Waals surface area contributed by atoms with Crippen LogP contribution in [-0.4, -0.2) is 43.0 Å². The van der Waals surface area contributed by atoms with Crippen molar-refractivity contribution in [2.45, 2.75) is 84.6 Å². The van der Waals surface area contributed by atoms with Crippen molar-refractivity contribution in [2.75, 3.05) is 13.2 Å². The first-order chi connectivity index (χ1) is 10.2. The van der Waals surface area contributed by atoms with Gasteiger partial charge < -0.3 is 20.1 Å². The lowest BCUT2D eigenvalue weighted by molar-refractivity contribution is -0.0243. The van der Waals surface area contributed by atoms with E-state index >= 15 is 0 Å². The van der Waals surface area contributed by atoms with E-state index in [1.54, 1.807) is 0 Å². The third-order valence-electron chi connectivity index (χ3n) is 3.83. The number of carbonyl (C=O) groups is 1. The molecule has 0 aromatic heterocycles. The third kappa shape index (κ3) is 7.99. The summed E-state index contributed by atoms with van der Waals surface area (Å²) in [5, 5.41) is 6.46. The van der Waals surface area contributed by atoms with Gasteiger partial charge in [0.1, 0.15) is 5.60 Å². The Balaban J connectivity index is 2.19. The average molecular weight is 314 g/mol. The fourth-order valence-corrected chi connectivity index (χ4v) is 2.56. The summed E-state index contributed by atoms with van der Waals surface area (Å²) in [6.07, 6.45) is 3.06. The predicted molar refractivity (Wildman–Crippen MR) is 89.1 cm³/mol. The molecular formula is C17H34N2O3. The van der Waals surface area contributed by atoms with Crippen molar-refractivity contribution < 1.29 is 14.3 Å². The molecule has 1 saturated heterocycles. The summed E-state index contributed by atoms with van der Waals surface area (Å²) in [5.74, 6) is 0.567. The summed E-state index contributed by atoms with van der Waals surface area (Å²) < 4.78 is 11.0. The molecule has 0 aromatic rings. The predicted octanol–water partition coefficient (Wildman–Crippen LogP) is 3.08. The number of hydrogen-bond acceptors (Lipinski definition) is 4. The first-order valence-electron chi connectivity index (χ1n) is 8.52. The molecule has 0 aliphatic carbocycles. The zero-order chi connectivity index (χ0) is 16.8. The van der Waals surface area contributed by atoms with Gasteiger partial charge in [-0.3, -0.25) is 0 Å². The number of rotatable bonds is 6. The van der Waals surface area contributed by atoms with Crippen LogP contribution in [0.4, 0.5) is 4.79 Å². The van der Waals surface area contributed by atoms with Crippen LogP contribution in [0.3, 0.4) is 0 Å². The fraction of sp³-hybridized carbons (Fsp3) is 0.941. The Morgan fingerprint density at radius 1 is 1.32 bits per heavy atom. The maximum absolute atomic E-state index is 11.7. The number of hydrogen-bond donors (Lipinski definition) is 2. The highest BCUT2D eigenvalue weighted by molar-refractivity contribution is 5.67. The highest BCUT2D eigenvalue weighted by atomic mass is 16.6. The maximum atomic E-state index is 11.7. The summed E-state index contributed by atoms with van der Waals surface area (Å²) in [4.78, 5) is 11.7. The zero-order valence-electron chi connectivity index (χ0n) is 15.1. The van der Waals surface area contributed by atoms with Crippen LogP contribution in [0.5, 0.6) is 0 Å². The minimum atomic E-state index is -0.448. The van der Waals surface area contributed by atoms with Crippen LogP contribution in [0.1, 0.15) is 60.8 Å². The summed E-state index contributed by atoms with van der Waals surface area (Å²) >= 11 is 0. The molecule has 1 heterocycles. The van der Waals surface area contributed by atoms with Crippen molar-refractivity contribution in [2.24, 2.45) is 5.92 Å². The van der Waals surface area contributed by atoms with E-state index < -0.39 is 5.60 Å². The lowest BCUT2D eigenvalue weighted by Crippen LogP contribution is -2.43. The van der Waals surface area contributed by atoms with Gasteiger partial charge in [-0.1, -0.05) is 13.8 Å². The van der Waals surface area contributed by atoms with E-state index in [-0.39, 0.29) is 12.1 Å². The van der Waals surface area contributed by atoms with Gasteiger partial charge in [0.25, 0.3) is 0 Å². The first kappa shape index (κ1) is 19.2. The van der Waals surface area contributed by atoms with E-state index in [1.165, 1.54) is 0 Å². The molecule has 3 atom stereocenters. The Labute approximate surface area is 135 Å². The van der Waals surface area contributed by atoms with Crippen molar-refractivity contribution in [3.63, 3.8) is 0 Å². The van der Waals surface area contributed by atoms with E-state index in [2.05, 4.69) is 24.5 Å². The number of amides is 1. The second-order valence-corrected chi connectivity index (χ2v) is 7.66. The SMILES string of the molecule is CC(CCNC1CCOC(C(C)C)C1)NC(=O)OC(C)(C)C. The Hall–Kier alpha value is -0.810. The van der Waals surface area contributed by atoms with Gasteiger partial charge in [0.05, 0.1) is 6.10 Å². The molecule has 5 nitrogen and oxygen atoms in total. The van der Waals surface area contributed by atoms with Crippen LogP contribution >= 0.6 is 0 Å². The van der Waals surface area contributed by atoms with Crippen molar-refractivity contribution in [1.29, 1.82) is 0 Å². The second-order valence-electron chi connectivity index (χ2n) is 7.66. The topological polar surface area (TPSA) is 59.6 Å². The van der Waals surface area contributed by atoms with Gasteiger partial charge in [-0.2, -0.15) is 0 Å². The van der Waals surface area contributed by atoms with E-state index in [0.29, 0.717) is 18.1 Å². The van der Waals surface area contributed by atoms with Crippen molar-refractivity contribution in [3.05, 3.63) is 0 Å². The van der Waals surface area contributed by atoms with Gasteiger partial charge >= 0.3 is 6.09 Å². The molecule has 1 fully saturated rings. The molecule has 1 rings (SSSR count). The molecule has 0 spiro atoms. The van der Waals surface area contributed by atoms with Gasteiger partial charge in [0.2, 0.25) is 0 Å². The Bertz CT molecular complexity index is 339. The van der Waals surface area contributed by atoms with Crippen LogP contribution < -0.4 is 10.6 Å². The summed E-state index contributed by atoms with van der Waals surface area (Å²) in [6, 6.07) is 0.623. The molecule has 130 valence electrons. The van der Waals surface area contributed by atoms with E-state index in [9.17, 15) is 4.79 Å². The normalized spacial score (nSPS) is 24.1. The summed E-state index contributed by atoms with van der Waals surface area (Å²) in [6.45, 7) is 13.8. The van der Waals surface area contributed by atoms with E-state index in [1.807, 2.05) is 27.7 Å². The van der Waals surface area contributed by atoms with E-state index in [4.69, 9.17) is 9.47 Å². The number of ether oxygens (including phenoxy) is 2. The molecule has 2 N–H and O–H groups in total. The Kier molecular flexibility index (Phi) is 7.63. The zero-order valence-corrected chi connectivity index (χ0v) is 15.1. The largest absolute Gasteiger partial charge is 0.444 e. The molecule has 1 amide bonds. The van der Waals surface area contributed by atoms with Crippen LogP contribution in [-0.2, 0) is 9.47 Å². The molecule has 1 aliphatic rings. The van der Waals surface area contributed by atoms with Crippen molar-refractivity contribution in [3.8, 4) is 0 Å². The number of nitrogens with one attached hydrogen (secondary N) is 2. The van der Waals surface area contributed by atoms with Crippen LogP contribution in [0.15, 0.2) is 0 Å². The Morgan fingerprint density at radius 3 is 2.59 bits per heavy atom. The molecular weight excluding hydrogens is 280 g/mol. The Morgan fingerprint density at radius 2 is 2.00 bits per heavy atom. The molecule has 0 saturated carbocycles. The smallest absolute Gasteiger partial charge is 0.407 e. The molecule has 0 aromatic carbocycles. The highest BCUT2D eigenvalue weighted by Gasteiger charge is 2.24. The quantitative estimate of drug-likeness (QED) is 0.791. The minimum Gasteiger partial charge on any atom is -0.444 e. The average Bonchev–Trinajstić information content (AvgIpc) is 2.36.